The molecule has 9 heteroatoms. The van der Waals surface area contributed by atoms with E-state index in [0.717, 1.165) is 0 Å². The zero-order valence-electron chi connectivity index (χ0n) is 11.3. The Balaban J connectivity index is 0. The molecule has 0 aliphatic rings. The molecule has 0 aromatic rings. The summed E-state index contributed by atoms with van der Waals surface area (Å²) >= 11 is 0. The van der Waals surface area contributed by atoms with Gasteiger partial charge in [-0.3, -0.25) is 0 Å². The molecule has 0 aliphatic carbocycles. The summed E-state index contributed by atoms with van der Waals surface area (Å²) in [4.78, 5) is 0. The maximum atomic E-state index is 11.3. The minimum atomic E-state index is -0.953. The number of alkyl halides is 2. The maximum absolute atomic E-state index is 11.3. The summed E-state index contributed by atoms with van der Waals surface area (Å²) in [5.74, 6) is 0. The molecule has 2 unspecified atom stereocenters. The average Bonchev–Trinajstić information content (AvgIpc) is 2.48. The molecule has 0 heterocycles. The molecule has 0 aromatic carbocycles. The van der Waals surface area contributed by atoms with Gasteiger partial charge in [-0.25, -0.2) is 8.78 Å². The fraction of sp³-hybridized carbons (Fsp3) is 1.00. The van der Waals surface area contributed by atoms with Crippen molar-refractivity contribution in [1.82, 2.24) is 0 Å². The van der Waals surface area contributed by atoms with E-state index in [1.807, 2.05) is 0 Å². The molecule has 124 valence electrons. The normalized spacial score (nSPS) is 13.5. The van der Waals surface area contributed by atoms with E-state index in [4.69, 9.17) is 25.2 Å². The van der Waals surface area contributed by atoms with E-state index >= 15 is 0 Å². The minimum absolute atomic E-state index is 0.103. The third kappa shape index (κ3) is 19.9. The van der Waals surface area contributed by atoms with Crippen LogP contribution in [-0.2, 0) is 14.2 Å². The molecular formula is C11H24F2O7. The number of hydrogen-bond donors (Lipinski definition) is 4. The number of aliphatic hydroxyl groups is 4. The molecule has 0 spiro atoms. The van der Waals surface area contributed by atoms with Crippen molar-refractivity contribution < 1.29 is 43.4 Å². The fourth-order valence-corrected chi connectivity index (χ4v) is 0.823. The summed E-state index contributed by atoms with van der Waals surface area (Å²) in [6.07, 6.45) is -1.19. The molecular weight excluding hydrogens is 282 g/mol. The van der Waals surface area contributed by atoms with Crippen LogP contribution in [0.3, 0.4) is 0 Å². The first kappa shape index (κ1) is 21.9. The standard InChI is InChI=1S/C7H15FO4.C4H9FO3/c8-6-12-3-1-2-11-5-7(10)4-9;5-3-8-2-4(7)1-6/h7,9-10H,1-6H2;4,6-7H,1-3H2. The Hall–Kier alpha value is -0.420. The van der Waals surface area contributed by atoms with Gasteiger partial charge in [0.2, 0.25) is 0 Å². The van der Waals surface area contributed by atoms with Crippen LogP contribution in [0.5, 0.6) is 0 Å². The van der Waals surface area contributed by atoms with Crippen molar-refractivity contribution in [2.75, 3.05) is 53.4 Å². The van der Waals surface area contributed by atoms with E-state index in [1.54, 1.807) is 0 Å². The largest absolute Gasteiger partial charge is 0.394 e. The molecule has 0 aromatic heterocycles. The summed E-state index contributed by atoms with van der Waals surface area (Å²) in [7, 11) is 0. The van der Waals surface area contributed by atoms with Crippen molar-refractivity contribution in [2.45, 2.75) is 18.6 Å². The van der Waals surface area contributed by atoms with Crippen LogP contribution in [0.1, 0.15) is 6.42 Å². The van der Waals surface area contributed by atoms with Gasteiger partial charge in [0.1, 0.15) is 12.2 Å². The third-order valence-electron chi connectivity index (χ3n) is 1.77. The Morgan fingerprint density at radius 3 is 1.65 bits per heavy atom. The van der Waals surface area contributed by atoms with E-state index in [2.05, 4.69) is 9.47 Å². The SMILES string of the molecule is OCC(O)COCCCOCF.OCC(O)COCF. The fourth-order valence-electron chi connectivity index (χ4n) is 0.823. The molecule has 0 amide bonds. The molecule has 0 saturated carbocycles. The van der Waals surface area contributed by atoms with E-state index < -0.39 is 25.9 Å². The Labute approximate surface area is 116 Å². The summed E-state index contributed by atoms with van der Waals surface area (Å²) in [5, 5.41) is 33.7. The van der Waals surface area contributed by atoms with Crippen LogP contribution < -0.4 is 0 Å². The van der Waals surface area contributed by atoms with Crippen LogP contribution in [-0.4, -0.2) is 86.0 Å². The summed E-state index contributed by atoms with van der Waals surface area (Å²) < 4.78 is 35.9. The van der Waals surface area contributed by atoms with E-state index in [9.17, 15) is 8.78 Å². The number of aliphatic hydroxyl groups excluding tert-OH is 4. The molecule has 0 bridgehead atoms. The van der Waals surface area contributed by atoms with Gasteiger partial charge < -0.3 is 34.6 Å². The summed E-state index contributed by atoms with van der Waals surface area (Å²) in [6.45, 7) is -1.72. The molecule has 0 radical (unpaired) electrons. The molecule has 20 heavy (non-hydrogen) atoms. The van der Waals surface area contributed by atoms with Gasteiger partial charge in [0.05, 0.1) is 33.0 Å². The Kier molecular flexibility index (Phi) is 20.3. The van der Waals surface area contributed by atoms with Crippen LogP contribution in [0.4, 0.5) is 8.78 Å². The highest BCUT2D eigenvalue weighted by Gasteiger charge is 2.00. The van der Waals surface area contributed by atoms with Crippen molar-refractivity contribution in [3.8, 4) is 0 Å². The maximum Gasteiger partial charge on any atom is 0.188 e. The van der Waals surface area contributed by atoms with Crippen LogP contribution in [0.25, 0.3) is 0 Å². The molecule has 7 nitrogen and oxygen atoms in total. The van der Waals surface area contributed by atoms with Gasteiger partial charge in [0, 0.05) is 6.61 Å². The van der Waals surface area contributed by atoms with Gasteiger partial charge in [-0.15, -0.1) is 0 Å². The smallest absolute Gasteiger partial charge is 0.188 e. The summed E-state index contributed by atoms with van der Waals surface area (Å²) in [6, 6.07) is 0. The lowest BCUT2D eigenvalue weighted by Crippen LogP contribution is -2.19. The van der Waals surface area contributed by atoms with Gasteiger partial charge in [-0.2, -0.15) is 0 Å². The van der Waals surface area contributed by atoms with Gasteiger partial charge >= 0.3 is 0 Å². The molecule has 0 saturated heterocycles. The average molecular weight is 306 g/mol. The van der Waals surface area contributed by atoms with Gasteiger partial charge in [0.25, 0.3) is 0 Å². The first-order chi connectivity index (χ1) is 9.62. The van der Waals surface area contributed by atoms with Crippen LogP contribution in [0.15, 0.2) is 0 Å². The van der Waals surface area contributed by atoms with Gasteiger partial charge in [0.15, 0.2) is 13.7 Å². The van der Waals surface area contributed by atoms with Crippen molar-refractivity contribution in [3.05, 3.63) is 0 Å². The Morgan fingerprint density at radius 1 is 0.750 bits per heavy atom. The second kappa shape index (κ2) is 18.6. The quantitative estimate of drug-likeness (QED) is 0.342. The zero-order chi connectivity index (χ0) is 15.6. The first-order valence-corrected chi connectivity index (χ1v) is 6.05. The second-order valence-corrected chi connectivity index (χ2v) is 3.60. The number of hydrogen-bond acceptors (Lipinski definition) is 7. The lowest BCUT2D eigenvalue weighted by Gasteiger charge is -2.07. The van der Waals surface area contributed by atoms with E-state index in [-0.39, 0.29) is 26.4 Å². The molecule has 4 N–H and O–H groups in total. The topological polar surface area (TPSA) is 109 Å². The lowest BCUT2D eigenvalue weighted by atomic mass is 10.4. The van der Waals surface area contributed by atoms with Gasteiger partial charge in [-0.1, -0.05) is 0 Å². The van der Waals surface area contributed by atoms with Crippen molar-refractivity contribution in [2.24, 2.45) is 0 Å². The number of halogens is 2. The monoisotopic (exact) mass is 306 g/mol. The molecule has 0 aliphatic heterocycles. The van der Waals surface area contributed by atoms with Crippen LogP contribution in [0.2, 0.25) is 0 Å². The predicted octanol–water partition coefficient (Wildman–Crippen LogP) is -1.03. The lowest BCUT2D eigenvalue weighted by molar-refractivity contribution is -0.0230. The highest BCUT2D eigenvalue weighted by molar-refractivity contribution is 4.48. The number of rotatable bonds is 12. The van der Waals surface area contributed by atoms with Gasteiger partial charge in [-0.05, 0) is 6.42 Å². The van der Waals surface area contributed by atoms with E-state index in [0.29, 0.717) is 19.6 Å². The summed E-state index contributed by atoms with van der Waals surface area (Å²) in [5.41, 5.74) is 0. The first-order valence-electron chi connectivity index (χ1n) is 6.05. The second-order valence-electron chi connectivity index (χ2n) is 3.60. The molecule has 2 atom stereocenters. The number of ether oxygens (including phenoxy) is 3. The van der Waals surface area contributed by atoms with Crippen molar-refractivity contribution in [3.63, 3.8) is 0 Å². The van der Waals surface area contributed by atoms with E-state index in [1.165, 1.54) is 0 Å². The third-order valence-corrected chi connectivity index (χ3v) is 1.77. The molecule has 0 fully saturated rings. The molecule has 0 rings (SSSR count). The van der Waals surface area contributed by atoms with Crippen molar-refractivity contribution in [1.29, 1.82) is 0 Å². The highest BCUT2D eigenvalue weighted by atomic mass is 19.1. The Bertz CT molecular complexity index is 177. The minimum Gasteiger partial charge on any atom is -0.394 e. The zero-order valence-corrected chi connectivity index (χ0v) is 11.3. The van der Waals surface area contributed by atoms with Crippen molar-refractivity contribution >= 4 is 0 Å². The van der Waals surface area contributed by atoms with Crippen LogP contribution in [0, 0.1) is 0 Å². The van der Waals surface area contributed by atoms with Crippen LogP contribution >= 0.6 is 0 Å². The highest BCUT2D eigenvalue weighted by Crippen LogP contribution is 1.88. The predicted molar refractivity (Wildman–Crippen MR) is 65.5 cm³/mol. The Morgan fingerprint density at radius 2 is 1.20 bits per heavy atom.